The molecule has 0 fully saturated rings. The third-order valence-corrected chi connectivity index (χ3v) is 3.91. The molecule has 0 radical (unpaired) electrons. The summed E-state index contributed by atoms with van der Waals surface area (Å²) in [5.41, 5.74) is 6.93. The van der Waals surface area contributed by atoms with Crippen molar-refractivity contribution in [1.29, 1.82) is 0 Å². The molecule has 4 nitrogen and oxygen atoms in total. The van der Waals surface area contributed by atoms with Crippen molar-refractivity contribution in [3.63, 3.8) is 0 Å². The summed E-state index contributed by atoms with van der Waals surface area (Å²) in [5.74, 6) is 2.23. The van der Waals surface area contributed by atoms with Gasteiger partial charge in [0.2, 0.25) is 5.89 Å². The van der Waals surface area contributed by atoms with E-state index in [0.717, 1.165) is 56.8 Å². The summed E-state index contributed by atoms with van der Waals surface area (Å²) in [6, 6.07) is 10.4. The number of aryl methyl sites for hydroxylation is 3. The van der Waals surface area contributed by atoms with E-state index in [2.05, 4.69) is 41.3 Å². The topological polar surface area (TPSA) is 64.9 Å². The van der Waals surface area contributed by atoms with Gasteiger partial charge in [0.15, 0.2) is 5.82 Å². The number of nitrogens with zero attached hydrogens (tertiary/aromatic N) is 2. The Morgan fingerprint density at radius 2 is 1.90 bits per heavy atom. The summed E-state index contributed by atoms with van der Waals surface area (Å²) in [4.78, 5) is 4.48. The largest absolute Gasteiger partial charge is 0.339 e. The zero-order valence-corrected chi connectivity index (χ0v) is 12.8. The number of nitrogens with two attached hydrogens (primary N) is 1. The fraction of sp³-hybridized carbons (Fsp3) is 0.529. The summed E-state index contributed by atoms with van der Waals surface area (Å²) in [6.07, 6.45) is 5.95. The van der Waals surface area contributed by atoms with E-state index in [1.807, 2.05) is 6.07 Å². The lowest BCUT2D eigenvalue weighted by Crippen LogP contribution is -2.09. The van der Waals surface area contributed by atoms with Gasteiger partial charge in [-0.1, -0.05) is 48.8 Å². The van der Waals surface area contributed by atoms with Crippen LogP contribution in [-0.2, 0) is 19.3 Å². The lowest BCUT2D eigenvalue weighted by atomic mass is 9.97. The molecular formula is C17H25N3O. The lowest BCUT2D eigenvalue weighted by molar-refractivity contribution is 0.350. The first-order chi connectivity index (χ1) is 10.3. The molecule has 0 spiro atoms. The van der Waals surface area contributed by atoms with Crippen molar-refractivity contribution in [1.82, 2.24) is 10.1 Å². The minimum atomic E-state index is 0.662. The first-order valence-corrected chi connectivity index (χ1v) is 7.87. The summed E-state index contributed by atoms with van der Waals surface area (Å²) < 4.78 is 5.33. The van der Waals surface area contributed by atoms with Crippen LogP contribution in [0.3, 0.4) is 0 Å². The minimum absolute atomic E-state index is 0.662. The van der Waals surface area contributed by atoms with Gasteiger partial charge in [-0.15, -0.1) is 0 Å². The van der Waals surface area contributed by atoms with Gasteiger partial charge < -0.3 is 10.3 Å². The van der Waals surface area contributed by atoms with Crippen molar-refractivity contribution < 1.29 is 4.52 Å². The Morgan fingerprint density at radius 3 is 2.62 bits per heavy atom. The molecule has 21 heavy (non-hydrogen) atoms. The van der Waals surface area contributed by atoms with Crippen LogP contribution in [0.1, 0.15) is 43.5 Å². The van der Waals surface area contributed by atoms with E-state index in [1.165, 1.54) is 5.56 Å². The molecule has 0 aliphatic heterocycles. The van der Waals surface area contributed by atoms with Crippen LogP contribution in [-0.4, -0.2) is 16.7 Å². The molecule has 2 N–H and O–H groups in total. The van der Waals surface area contributed by atoms with Gasteiger partial charge in [0.25, 0.3) is 0 Å². The summed E-state index contributed by atoms with van der Waals surface area (Å²) >= 11 is 0. The molecule has 0 saturated carbocycles. The van der Waals surface area contributed by atoms with E-state index < -0.39 is 0 Å². The third kappa shape index (κ3) is 5.31. The number of hydrogen-bond acceptors (Lipinski definition) is 4. The van der Waals surface area contributed by atoms with Crippen LogP contribution in [0.2, 0.25) is 0 Å². The van der Waals surface area contributed by atoms with Gasteiger partial charge in [-0.2, -0.15) is 4.98 Å². The van der Waals surface area contributed by atoms with Gasteiger partial charge in [0.05, 0.1) is 0 Å². The second-order valence-corrected chi connectivity index (χ2v) is 5.48. The SMILES string of the molecule is CCC(CCN)CCc1nc(CCc2ccccc2)no1. The molecule has 1 heterocycles. The second-order valence-electron chi connectivity index (χ2n) is 5.48. The summed E-state index contributed by atoms with van der Waals surface area (Å²) in [6.45, 7) is 2.96. The molecule has 1 unspecified atom stereocenters. The Balaban J connectivity index is 1.78. The second kappa shape index (κ2) is 8.57. The van der Waals surface area contributed by atoms with Gasteiger partial charge in [0.1, 0.15) is 0 Å². The highest BCUT2D eigenvalue weighted by atomic mass is 16.5. The van der Waals surface area contributed by atoms with E-state index in [1.54, 1.807) is 0 Å². The van der Waals surface area contributed by atoms with Crippen LogP contribution < -0.4 is 5.73 Å². The Bertz CT molecular complexity index is 510. The fourth-order valence-corrected chi connectivity index (χ4v) is 2.51. The molecule has 1 aromatic carbocycles. The highest BCUT2D eigenvalue weighted by Crippen LogP contribution is 2.15. The summed E-state index contributed by atoms with van der Waals surface area (Å²) in [5, 5.41) is 4.07. The first kappa shape index (κ1) is 15.7. The number of aromatic nitrogens is 2. The standard InChI is InChI=1S/C17H25N3O/c1-2-14(12-13-18)9-11-17-19-16(20-21-17)10-8-15-6-4-3-5-7-15/h3-7,14H,2,8-13,18H2,1H3. The van der Waals surface area contributed by atoms with Gasteiger partial charge in [-0.05, 0) is 37.3 Å². The monoisotopic (exact) mass is 287 g/mol. The van der Waals surface area contributed by atoms with E-state index >= 15 is 0 Å². The van der Waals surface area contributed by atoms with Gasteiger partial charge in [0, 0.05) is 12.8 Å². The lowest BCUT2D eigenvalue weighted by Gasteiger charge is -2.11. The van der Waals surface area contributed by atoms with E-state index in [0.29, 0.717) is 5.92 Å². The van der Waals surface area contributed by atoms with Crippen LogP contribution in [0.15, 0.2) is 34.9 Å². The molecule has 0 aliphatic rings. The first-order valence-electron chi connectivity index (χ1n) is 7.87. The fourth-order valence-electron chi connectivity index (χ4n) is 2.51. The van der Waals surface area contributed by atoms with Crippen LogP contribution in [0, 0.1) is 5.92 Å². The Kier molecular flexibility index (Phi) is 6.41. The van der Waals surface area contributed by atoms with Crippen LogP contribution >= 0.6 is 0 Å². The van der Waals surface area contributed by atoms with Gasteiger partial charge >= 0.3 is 0 Å². The zero-order valence-electron chi connectivity index (χ0n) is 12.8. The maximum atomic E-state index is 5.62. The van der Waals surface area contributed by atoms with E-state index in [9.17, 15) is 0 Å². The number of hydrogen-bond donors (Lipinski definition) is 1. The quantitative estimate of drug-likeness (QED) is 0.769. The highest BCUT2D eigenvalue weighted by molar-refractivity contribution is 5.15. The Labute approximate surface area is 126 Å². The molecule has 4 heteroatoms. The van der Waals surface area contributed by atoms with Crippen molar-refractivity contribution in [2.45, 2.75) is 45.4 Å². The zero-order chi connectivity index (χ0) is 14.9. The molecule has 2 aromatic rings. The highest BCUT2D eigenvalue weighted by Gasteiger charge is 2.10. The average Bonchev–Trinajstić information content (AvgIpc) is 2.98. The van der Waals surface area contributed by atoms with Crippen molar-refractivity contribution in [3.05, 3.63) is 47.6 Å². The molecule has 1 atom stereocenters. The van der Waals surface area contributed by atoms with Crippen LogP contribution in [0.5, 0.6) is 0 Å². The molecule has 0 bridgehead atoms. The number of benzene rings is 1. The average molecular weight is 287 g/mol. The Morgan fingerprint density at radius 1 is 1.10 bits per heavy atom. The Hall–Kier alpha value is -1.68. The molecule has 0 aliphatic carbocycles. The maximum Gasteiger partial charge on any atom is 0.226 e. The van der Waals surface area contributed by atoms with Crippen molar-refractivity contribution >= 4 is 0 Å². The molecule has 0 amide bonds. The van der Waals surface area contributed by atoms with Crippen LogP contribution in [0.4, 0.5) is 0 Å². The predicted molar refractivity (Wildman–Crippen MR) is 83.9 cm³/mol. The molecule has 1 aromatic heterocycles. The van der Waals surface area contributed by atoms with Crippen molar-refractivity contribution in [3.8, 4) is 0 Å². The minimum Gasteiger partial charge on any atom is -0.339 e. The van der Waals surface area contributed by atoms with Crippen LogP contribution in [0.25, 0.3) is 0 Å². The normalized spacial score (nSPS) is 12.5. The smallest absolute Gasteiger partial charge is 0.226 e. The molecule has 114 valence electrons. The third-order valence-electron chi connectivity index (χ3n) is 3.91. The number of rotatable bonds is 9. The maximum absolute atomic E-state index is 5.62. The predicted octanol–water partition coefficient (Wildman–Crippen LogP) is 3.16. The molecule has 0 saturated heterocycles. The van der Waals surface area contributed by atoms with Crippen molar-refractivity contribution in [2.24, 2.45) is 11.7 Å². The van der Waals surface area contributed by atoms with Gasteiger partial charge in [-0.25, -0.2) is 0 Å². The molecule has 2 rings (SSSR count). The van der Waals surface area contributed by atoms with Crippen molar-refractivity contribution in [2.75, 3.05) is 6.54 Å². The van der Waals surface area contributed by atoms with Gasteiger partial charge in [-0.3, -0.25) is 0 Å². The van der Waals surface area contributed by atoms with E-state index in [-0.39, 0.29) is 0 Å². The van der Waals surface area contributed by atoms with E-state index in [4.69, 9.17) is 10.3 Å². The molecular weight excluding hydrogens is 262 g/mol. The summed E-state index contributed by atoms with van der Waals surface area (Å²) in [7, 11) is 0.